The molecule has 0 atom stereocenters. The van der Waals surface area contributed by atoms with E-state index in [0.717, 1.165) is 19.3 Å². The molecule has 1 saturated heterocycles. The monoisotopic (exact) mass is 374 g/mol. The molecule has 1 aliphatic rings. The van der Waals surface area contributed by atoms with E-state index in [0.29, 0.717) is 24.5 Å². The van der Waals surface area contributed by atoms with Crippen LogP contribution in [0.3, 0.4) is 0 Å². The Balaban J connectivity index is 1.92. The SMILES string of the molecule is COc1ccc(S(=O)(=O)N2CCCCC2)cc1C(=O)Nc1ccccc1. The van der Waals surface area contributed by atoms with Crippen LogP contribution >= 0.6 is 0 Å². The van der Waals surface area contributed by atoms with E-state index in [1.165, 1.54) is 29.6 Å². The molecule has 1 fully saturated rings. The molecule has 1 aliphatic heterocycles. The molecule has 138 valence electrons. The fraction of sp³-hybridized carbons (Fsp3) is 0.316. The van der Waals surface area contributed by atoms with Crippen LogP contribution in [0.2, 0.25) is 0 Å². The molecule has 2 aromatic rings. The number of para-hydroxylation sites is 1. The van der Waals surface area contributed by atoms with Gasteiger partial charge in [0.2, 0.25) is 10.0 Å². The minimum Gasteiger partial charge on any atom is -0.496 e. The van der Waals surface area contributed by atoms with E-state index < -0.39 is 15.9 Å². The highest BCUT2D eigenvalue weighted by Crippen LogP contribution is 2.27. The van der Waals surface area contributed by atoms with Gasteiger partial charge in [0.15, 0.2) is 0 Å². The van der Waals surface area contributed by atoms with Crippen LogP contribution in [0.1, 0.15) is 29.6 Å². The molecule has 0 saturated carbocycles. The summed E-state index contributed by atoms with van der Waals surface area (Å²) in [6.07, 6.45) is 2.76. The number of anilines is 1. The summed E-state index contributed by atoms with van der Waals surface area (Å²) in [5, 5.41) is 2.76. The lowest BCUT2D eigenvalue weighted by Gasteiger charge is -2.26. The van der Waals surface area contributed by atoms with Gasteiger partial charge in [-0.3, -0.25) is 4.79 Å². The van der Waals surface area contributed by atoms with Crippen LogP contribution in [0, 0.1) is 0 Å². The van der Waals surface area contributed by atoms with Gasteiger partial charge >= 0.3 is 0 Å². The maximum atomic E-state index is 12.9. The topological polar surface area (TPSA) is 75.7 Å². The van der Waals surface area contributed by atoms with Gasteiger partial charge in [-0.1, -0.05) is 24.6 Å². The van der Waals surface area contributed by atoms with Gasteiger partial charge in [-0.25, -0.2) is 8.42 Å². The predicted octanol–water partition coefficient (Wildman–Crippen LogP) is 3.12. The second-order valence-electron chi connectivity index (χ2n) is 6.15. The third-order valence-electron chi connectivity index (χ3n) is 4.40. The Kier molecular flexibility index (Phi) is 5.58. The molecule has 1 amide bonds. The molecule has 6 nitrogen and oxygen atoms in total. The average Bonchev–Trinajstić information content (AvgIpc) is 2.69. The fourth-order valence-corrected chi connectivity index (χ4v) is 4.54. The largest absolute Gasteiger partial charge is 0.496 e. The van der Waals surface area contributed by atoms with Crippen LogP contribution in [-0.4, -0.2) is 38.8 Å². The molecule has 0 unspecified atom stereocenters. The van der Waals surface area contributed by atoms with Crippen molar-refractivity contribution >= 4 is 21.6 Å². The van der Waals surface area contributed by atoms with Gasteiger partial charge in [-0.15, -0.1) is 0 Å². The van der Waals surface area contributed by atoms with Crippen molar-refractivity contribution < 1.29 is 17.9 Å². The molecule has 7 heteroatoms. The van der Waals surface area contributed by atoms with Crippen LogP contribution in [0.5, 0.6) is 5.75 Å². The van der Waals surface area contributed by atoms with E-state index in [2.05, 4.69) is 5.32 Å². The molecular weight excluding hydrogens is 352 g/mol. The maximum Gasteiger partial charge on any atom is 0.259 e. The number of nitrogens with one attached hydrogen (secondary N) is 1. The van der Waals surface area contributed by atoms with Crippen molar-refractivity contribution in [2.45, 2.75) is 24.2 Å². The zero-order chi connectivity index (χ0) is 18.6. The number of sulfonamides is 1. The molecule has 26 heavy (non-hydrogen) atoms. The molecule has 1 N–H and O–H groups in total. The summed E-state index contributed by atoms with van der Waals surface area (Å²) in [5.74, 6) is -0.0835. The number of carbonyl (C=O) groups is 1. The number of nitrogens with zero attached hydrogens (tertiary/aromatic N) is 1. The van der Waals surface area contributed by atoms with Crippen LogP contribution in [0.4, 0.5) is 5.69 Å². The van der Waals surface area contributed by atoms with Crippen molar-refractivity contribution in [2.24, 2.45) is 0 Å². The maximum absolute atomic E-state index is 12.9. The molecule has 0 spiro atoms. The smallest absolute Gasteiger partial charge is 0.259 e. The minimum absolute atomic E-state index is 0.110. The number of amides is 1. The number of methoxy groups -OCH3 is 1. The van der Waals surface area contributed by atoms with E-state index >= 15 is 0 Å². The molecule has 3 rings (SSSR count). The summed E-state index contributed by atoms with van der Waals surface area (Å²) in [6, 6.07) is 13.4. The average molecular weight is 374 g/mol. The molecule has 0 aliphatic carbocycles. The summed E-state index contributed by atoms with van der Waals surface area (Å²) in [6.45, 7) is 1.03. The van der Waals surface area contributed by atoms with E-state index in [1.54, 1.807) is 12.1 Å². The number of piperidine rings is 1. The number of hydrogen-bond acceptors (Lipinski definition) is 4. The number of carbonyl (C=O) groups excluding carboxylic acids is 1. The third-order valence-corrected chi connectivity index (χ3v) is 6.29. The lowest BCUT2D eigenvalue weighted by molar-refractivity contribution is 0.102. The minimum atomic E-state index is -3.62. The highest BCUT2D eigenvalue weighted by atomic mass is 32.2. The highest BCUT2D eigenvalue weighted by Gasteiger charge is 2.27. The number of rotatable bonds is 5. The number of ether oxygens (including phenoxy) is 1. The van der Waals surface area contributed by atoms with E-state index in [9.17, 15) is 13.2 Å². The van der Waals surface area contributed by atoms with Crippen molar-refractivity contribution in [3.63, 3.8) is 0 Å². The van der Waals surface area contributed by atoms with Gasteiger partial charge in [0.25, 0.3) is 5.91 Å². The zero-order valence-corrected chi connectivity index (χ0v) is 15.5. The van der Waals surface area contributed by atoms with E-state index in [4.69, 9.17) is 4.74 Å². The first kappa shape index (κ1) is 18.4. The van der Waals surface area contributed by atoms with Crippen LogP contribution in [0.15, 0.2) is 53.4 Å². The Hall–Kier alpha value is -2.38. The molecular formula is C19H22N2O4S. The Morgan fingerprint density at radius 3 is 2.38 bits per heavy atom. The zero-order valence-electron chi connectivity index (χ0n) is 14.6. The number of benzene rings is 2. The third kappa shape index (κ3) is 3.89. The normalized spacial score (nSPS) is 15.4. The first-order chi connectivity index (χ1) is 12.5. The lowest BCUT2D eigenvalue weighted by atomic mass is 10.2. The predicted molar refractivity (Wildman–Crippen MR) is 100.0 cm³/mol. The Morgan fingerprint density at radius 1 is 1.04 bits per heavy atom. The summed E-state index contributed by atoms with van der Waals surface area (Å²) in [4.78, 5) is 12.8. The van der Waals surface area contributed by atoms with Crippen LogP contribution < -0.4 is 10.1 Å². The standard InChI is InChI=1S/C19H22N2O4S/c1-25-18-11-10-16(26(23,24)21-12-6-3-7-13-21)14-17(18)19(22)20-15-8-4-2-5-9-15/h2,4-5,8-11,14H,3,6-7,12-13H2,1H3,(H,20,22). The Morgan fingerprint density at radius 2 is 1.73 bits per heavy atom. The van der Waals surface area contributed by atoms with Crippen molar-refractivity contribution in [1.82, 2.24) is 4.31 Å². The molecule has 2 aromatic carbocycles. The van der Waals surface area contributed by atoms with Gasteiger partial charge in [-0.2, -0.15) is 4.31 Å². The van der Waals surface area contributed by atoms with Gasteiger partial charge < -0.3 is 10.1 Å². The molecule has 0 radical (unpaired) electrons. The summed E-state index contributed by atoms with van der Waals surface area (Å²) < 4.78 is 32.5. The lowest BCUT2D eigenvalue weighted by Crippen LogP contribution is -2.35. The van der Waals surface area contributed by atoms with E-state index in [1.807, 2.05) is 18.2 Å². The van der Waals surface area contributed by atoms with Gasteiger partial charge in [-0.05, 0) is 43.2 Å². The van der Waals surface area contributed by atoms with Crippen LogP contribution in [0.25, 0.3) is 0 Å². The summed E-state index contributed by atoms with van der Waals surface area (Å²) in [5.41, 5.74) is 0.818. The van der Waals surface area contributed by atoms with Crippen molar-refractivity contribution in [3.05, 3.63) is 54.1 Å². The second kappa shape index (κ2) is 7.88. The summed E-state index contributed by atoms with van der Waals surface area (Å²) in [7, 11) is -2.17. The Labute approximate surface area is 153 Å². The first-order valence-corrected chi connectivity index (χ1v) is 10.0. The first-order valence-electron chi connectivity index (χ1n) is 8.57. The fourth-order valence-electron chi connectivity index (χ4n) is 3.00. The molecule has 1 heterocycles. The molecule has 0 aromatic heterocycles. The van der Waals surface area contributed by atoms with Gasteiger partial charge in [0.1, 0.15) is 5.75 Å². The van der Waals surface area contributed by atoms with Gasteiger partial charge in [0, 0.05) is 18.8 Å². The summed E-state index contributed by atoms with van der Waals surface area (Å²) >= 11 is 0. The van der Waals surface area contributed by atoms with Crippen molar-refractivity contribution in [3.8, 4) is 5.75 Å². The Bertz CT molecular complexity index is 876. The van der Waals surface area contributed by atoms with Crippen molar-refractivity contribution in [1.29, 1.82) is 0 Å². The van der Waals surface area contributed by atoms with Crippen molar-refractivity contribution in [2.75, 3.05) is 25.5 Å². The quantitative estimate of drug-likeness (QED) is 0.872. The second-order valence-corrected chi connectivity index (χ2v) is 8.08. The highest BCUT2D eigenvalue weighted by molar-refractivity contribution is 7.89. The van der Waals surface area contributed by atoms with Crippen LogP contribution in [-0.2, 0) is 10.0 Å². The van der Waals surface area contributed by atoms with Gasteiger partial charge in [0.05, 0.1) is 17.6 Å². The molecule has 0 bridgehead atoms. The van der Waals surface area contributed by atoms with E-state index in [-0.39, 0.29) is 10.5 Å². The number of hydrogen-bond donors (Lipinski definition) is 1.